The van der Waals surface area contributed by atoms with Crippen molar-refractivity contribution in [1.82, 2.24) is 19.4 Å². The molecule has 1 fully saturated rings. The number of carbonyl (C=O) groups excluding carboxylic acids is 1. The number of anilines is 2. The third kappa shape index (κ3) is 7.42. The fourth-order valence-corrected chi connectivity index (χ4v) is 5.36. The van der Waals surface area contributed by atoms with Crippen LogP contribution < -0.4 is 25.7 Å². The Labute approximate surface area is 264 Å². The van der Waals surface area contributed by atoms with Crippen molar-refractivity contribution in [2.45, 2.75) is 13.0 Å². The van der Waals surface area contributed by atoms with Gasteiger partial charge in [-0.15, -0.1) is 0 Å². The summed E-state index contributed by atoms with van der Waals surface area (Å²) in [6.45, 7) is 8.11. The molecule has 45 heavy (non-hydrogen) atoms. The molecule has 4 aromatic rings. The summed E-state index contributed by atoms with van der Waals surface area (Å²) in [7, 11) is 3.00. The van der Waals surface area contributed by atoms with Gasteiger partial charge >= 0.3 is 0 Å². The molecule has 0 atom stereocenters. The number of morpholine rings is 1. The van der Waals surface area contributed by atoms with Crippen LogP contribution in [0.4, 0.5) is 16.0 Å². The second-order valence-electron chi connectivity index (χ2n) is 10.3. The van der Waals surface area contributed by atoms with Crippen LogP contribution in [0.25, 0.3) is 22.2 Å². The summed E-state index contributed by atoms with van der Waals surface area (Å²) in [5, 5.41) is 6.55. The Morgan fingerprint density at radius 3 is 2.64 bits per heavy atom. The lowest BCUT2D eigenvalue weighted by atomic mass is 10.0. The van der Waals surface area contributed by atoms with E-state index in [2.05, 4.69) is 27.1 Å². The molecule has 1 aliphatic heterocycles. The van der Waals surface area contributed by atoms with Crippen LogP contribution in [-0.2, 0) is 22.5 Å². The quantitative estimate of drug-likeness (QED) is 0.218. The molecular formula is C32H34ClFN6O5. The van der Waals surface area contributed by atoms with Crippen molar-refractivity contribution >= 4 is 40.2 Å². The molecule has 0 spiro atoms. The number of aryl methyl sites for hydroxylation is 2. The zero-order chi connectivity index (χ0) is 31.9. The number of rotatable bonds is 12. The van der Waals surface area contributed by atoms with E-state index >= 15 is 0 Å². The minimum Gasteiger partial charge on any atom is -0.497 e. The molecule has 1 saturated heterocycles. The second kappa shape index (κ2) is 14.5. The summed E-state index contributed by atoms with van der Waals surface area (Å²) in [4.78, 5) is 37.3. The number of nitrogens with one attached hydrogen (secondary N) is 2. The van der Waals surface area contributed by atoms with Crippen LogP contribution in [0.3, 0.4) is 0 Å². The number of benzene rings is 2. The molecule has 2 aromatic carbocycles. The first-order valence-electron chi connectivity index (χ1n) is 14.4. The topological polar surface area (TPSA) is 120 Å². The number of carbonyl (C=O) groups is 1. The van der Waals surface area contributed by atoms with Gasteiger partial charge in [-0.3, -0.25) is 19.1 Å². The Morgan fingerprint density at radius 2 is 1.93 bits per heavy atom. The molecule has 1 amide bonds. The van der Waals surface area contributed by atoms with E-state index in [0.717, 1.165) is 25.7 Å². The summed E-state index contributed by atoms with van der Waals surface area (Å²) in [6.07, 6.45) is 3.01. The first-order valence-corrected chi connectivity index (χ1v) is 14.8. The highest BCUT2D eigenvalue weighted by molar-refractivity contribution is 6.35. The number of halogens is 2. The standard InChI is InChI=1S/C32H34ClFN6O5/c1-4-28(41)37-26-6-5-20(15-25(26)34)7-9-40-30-21(19-36-32(38-30)35-8-10-39-11-13-45-14-12-39)16-24(31(40)42)23-17-22(43-2)18-27(44-3)29(23)33/h4-6,15-19H,1,7-14H2,2-3H3,(H,37,41)(H,35,36,38). The average Bonchev–Trinajstić information content (AvgIpc) is 3.06. The number of hydrogen-bond acceptors (Lipinski definition) is 9. The number of nitrogens with zero attached hydrogens (tertiary/aromatic N) is 4. The van der Waals surface area contributed by atoms with Crippen LogP contribution in [-0.4, -0.2) is 79.0 Å². The summed E-state index contributed by atoms with van der Waals surface area (Å²) in [6, 6.07) is 9.50. The largest absolute Gasteiger partial charge is 0.497 e. The molecule has 0 aliphatic carbocycles. The van der Waals surface area contributed by atoms with Gasteiger partial charge in [0.05, 0.1) is 38.1 Å². The lowest BCUT2D eigenvalue weighted by molar-refractivity contribution is -0.111. The van der Waals surface area contributed by atoms with Gasteiger partial charge in [0.25, 0.3) is 5.56 Å². The third-order valence-corrected chi connectivity index (χ3v) is 7.89. The fraction of sp³-hybridized carbons (Fsp3) is 0.312. The SMILES string of the molecule is C=CC(=O)Nc1ccc(CCn2c(=O)c(-c3cc(OC)cc(OC)c3Cl)cc3cnc(NCCN4CCOCC4)nc32)cc1F. The van der Waals surface area contributed by atoms with Crippen LogP contribution in [0.5, 0.6) is 11.5 Å². The molecule has 0 radical (unpaired) electrons. The summed E-state index contributed by atoms with van der Waals surface area (Å²) >= 11 is 6.69. The van der Waals surface area contributed by atoms with E-state index in [1.165, 1.54) is 30.9 Å². The number of fused-ring (bicyclic) bond motifs is 1. The summed E-state index contributed by atoms with van der Waals surface area (Å²) < 4.78 is 32.6. The molecule has 1 aliphatic rings. The van der Waals surface area contributed by atoms with E-state index in [-0.39, 0.29) is 22.8 Å². The molecule has 0 bridgehead atoms. The predicted molar refractivity (Wildman–Crippen MR) is 172 cm³/mol. The Hall–Kier alpha value is -4.52. The number of methoxy groups -OCH3 is 2. The smallest absolute Gasteiger partial charge is 0.260 e. The van der Waals surface area contributed by atoms with Crippen molar-refractivity contribution in [2.75, 3.05) is 64.2 Å². The first-order chi connectivity index (χ1) is 21.8. The van der Waals surface area contributed by atoms with Gasteiger partial charge in [0, 0.05) is 61.5 Å². The van der Waals surface area contributed by atoms with Gasteiger partial charge in [-0.2, -0.15) is 4.98 Å². The molecular weight excluding hydrogens is 603 g/mol. The molecule has 2 N–H and O–H groups in total. The van der Waals surface area contributed by atoms with Gasteiger partial charge in [0.1, 0.15) is 23.0 Å². The summed E-state index contributed by atoms with van der Waals surface area (Å²) in [5.74, 6) is 0.0853. The van der Waals surface area contributed by atoms with Crippen LogP contribution >= 0.6 is 11.6 Å². The summed E-state index contributed by atoms with van der Waals surface area (Å²) in [5.41, 5.74) is 1.44. The highest BCUT2D eigenvalue weighted by atomic mass is 35.5. The van der Waals surface area contributed by atoms with E-state index in [1.807, 2.05) is 0 Å². The Kier molecular flexibility index (Phi) is 10.3. The monoisotopic (exact) mass is 636 g/mol. The molecule has 236 valence electrons. The van der Waals surface area contributed by atoms with Gasteiger partial charge in [0.2, 0.25) is 11.9 Å². The minimum absolute atomic E-state index is 0.0374. The maximum absolute atomic E-state index is 14.8. The van der Waals surface area contributed by atoms with E-state index in [9.17, 15) is 14.0 Å². The lowest BCUT2D eigenvalue weighted by Crippen LogP contribution is -2.39. The molecule has 0 unspecified atom stereocenters. The van der Waals surface area contributed by atoms with Crippen LogP contribution in [0.2, 0.25) is 5.02 Å². The van der Waals surface area contributed by atoms with E-state index < -0.39 is 11.7 Å². The molecule has 13 heteroatoms. The van der Waals surface area contributed by atoms with Crippen molar-refractivity contribution in [2.24, 2.45) is 0 Å². The van der Waals surface area contributed by atoms with Crippen LogP contribution in [0, 0.1) is 5.82 Å². The van der Waals surface area contributed by atoms with E-state index in [1.54, 1.807) is 30.5 Å². The molecule has 3 heterocycles. The number of ether oxygens (including phenoxy) is 3. The molecule has 2 aromatic heterocycles. The predicted octanol–water partition coefficient (Wildman–Crippen LogP) is 4.38. The minimum atomic E-state index is -0.599. The highest BCUT2D eigenvalue weighted by Gasteiger charge is 2.20. The van der Waals surface area contributed by atoms with Crippen molar-refractivity contribution in [3.05, 3.63) is 82.0 Å². The van der Waals surface area contributed by atoms with Crippen molar-refractivity contribution < 1.29 is 23.4 Å². The maximum atomic E-state index is 14.8. The second-order valence-corrected chi connectivity index (χ2v) is 10.7. The van der Waals surface area contributed by atoms with E-state index in [4.69, 9.17) is 30.8 Å². The fourth-order valence-electron chi connectivity index (χ4n) is 5.07. The molecule has 0 saturated carbocycles. The van der Waals surface area contributed by atoms with Crippen LogP contribution in [0.15, 0.2) is 60.0 Å². The third-order valence-electron chi connectivity index (χ3n) is 7.50. The number of aromatic nitrogens is 3. The van der Waals surface area contributed by atoms with Gasteiger partial charge in [-0.1, -0.05) is 24.2 Å². The number of hydrogen-bond donors (Lipinski definition) is 2. The zero-order valence-corrected chi connectivity index (χ0v) is 25.8. The molecule has 5 rings (SSSR count). The Morgan fingerprint density at radius 1 is 1.13 bits per heavy atom. The van der Waals surface area contributed by atoms with Crippen molar-refractivity contribution in [1.29, 1.82) is 0 Å². The zero-order valence-electron chi connectivity index (χ0n) is 25.1. The molecule has 11 nitrogen and oxygen atoms in total. The Balaban J connectivity index is 1.51. The highest BCUT2D eigenvalue weighted by Crippen LogP contribution is 2.38. The lowest BCUT2D eigenvalue weighted by Gasteiger charge is -2.26. The number of pyridine rings is 1. The Bertz CT molecular complexity index is 1780. The van der Waals surface area contributed by atoms with Gasteiger partial charge < -0.3 is 24.8 Å². The van der Waals surface area contributed by atoms with Gasteiger partial charge in [-0.25, -0.2) is 9.37 Å². The first kappa shape index (κ1) is 31.9. The van der Waals surface area contributed by atoms with Gasteiger partial charge in [0.15, 0.2) is 0 Å². The maximum Gasteiger partial charge on any atom is 0.260 e. The van der Waals surface area contributed by atoms with Crippen molar-refractivity contribution in [3.63, 3.8) is 0 Å². The van der Waals surface area contributed by atoms with E-state index in [0.29, 0.717) is 71.4 Å². The van der Waals surface area contributed by atoms with Crippen molar-refractivity contribution in [3.8, 4) is 22.6 Å². The average molecular weight is 637 g/mol. The van der Waals surface area contributed by atoms with Crippen LogP contribution in [0.1, 0.15) is 5.56 Å². The van der Waals surface area contributed by atoms with Gasteiger partial charge in [-0.05, 0) is 42.3 Å². The number of amides is 1. The normalized spacial score (nSPS) is 13.4.